The van der Waals surface area contributed by atoms with Crippen molar-refractivity contribution in [1.29, 1.82) is 0 Å². The lowest BCUT2D eigenvalue weighted by Gasteiger charge is -2.31. The lowest BCUT2D eigenvalue weighted by Crippen LogP contribution is -2.35. The van der Waals surface area contributed by atoms with Crippen molar-refractivity contribution in [2.24, 2.45) is 0 Å². The first-order chi connectivity index (χ1) is 12.6. The lowest BCUT2D eigenvalue weighted by molar-refractivity contribution is -0.119. The largest absolute Gasteiger partial charge is 0.495 e. The van der Waals surface area contributed by atoms with Gasteiger partial charge in [-0.2, -0.15) is 0 Å². The van der Waals surface area contributed by atoms with Crippen molar-refractivity contribution in [3.05, 3.63) is 58.7 Å². The Hall–Kier alpha value is -3.15. The molecule has 0 fully saturated rings. The Kier molecular flexibility index (Phi) is 5.02. The first kappa shape index (κ1) is 17.7. The summed E-state index contributed by atoms with van der Waals surface area (Å²) in [5, 5.41) is 0. The van der Waals surface area contributed by atoms with Crippen LogP contribution in [0.2, 0.25) is 0 Å². The highest BCUT2D eigenvalue weighted by Gasteiger charge is 2.29. The molecule has 2 aromatic carbocycles. The van der Waals surface area contributed by atoms with E-state index >= 15 is 0 Å². The highest BCUT2D eigenvalue weighted by molar-refractivity contribution is 6.00. The van der Waals surface area contributed by atoms with Crippen LogP contribution in [0.25, 0.3) is 0 Å². The van der Waals surface area contributed by atoms with Gasteiger partial charge in [-0.25, -0.2) is 4.79 Å². The molecule has 0 radical (unpaired) electrons. The first-order valence-electron chi connectivity index (χ1n) is 8.21. The van der Waals surface area contributed by atoms with Crippen LogP contribution in [-0.2, 0) is 22.5 Å². The van der Waals surface area contributed by atoms with Crippen molar-refractivity contribution >= 4 is 23.9 Å². The Morgan fingerprint density at radius 2 is 1.85 bits per heavy atom. The molecule has 0 saturated heterocycles. The number of hydrogen-bond acceptors (Lipinski definition) is 5. The number of amides is 1. The Labute approximate surface area is 151 Å². The maximum atomic E-state index is 12.6. The van der Waals surface area contributed by atoms with E-state index in [1.807, 2.05) is 0 Å². The molecule has 2 aromatic rings. The van der Waals surface area contributed by atoms with Crippen molar-refractivity contribution in [3.63, 3.8) is 0 Å². The molecule has 134 valence electrons. The van der Waals surface area contributed by atoms with E-state index in [2.05, 4.69) is 0 Å². The van der Waals surface area contributed by atoms with Crippen molar-refractivity contribution in [2.45, 2.75) is 19.4 Å². The number of nitrogens with zero attached hydrogens (tertiary/aromatic N) is 1. The summed E-state index contributed by atoms with van der Waals surface area (Å²) in [4.78, 5) is 37.1. The van der Waals surface area contributed by atoms with Gasteiger partial charge in [0.1, 0.15) is 12.0 Å². The molecule has 0 N–H and O–H groups in total. The third-order valence-electron chi connectivity index (χ3n) is 4.50. The fourth-order valence-corrected chi connectivity index (χ4v) is 3.17. The van der Waals surface area contributed by atoms with Crippen molar-refractivity contribution in [2.75, 3.05) is 19.1 Å². The SMILES string of the molecule is COC(=O)c1ccc(CN2C(=O)CCc3c(C=O)ccc(OC)c32)cc1. The van der Waals surface area contributed by atoms with Crippen LogP contribution in [0, 0.1) is 0 Å². The average molecular weight is 353 g/mol. The van der Waals surface area contributed by atoms with E-state index in [0.717, 1.165) is 17.4 Å². The van der Waals surface area contributed by atoms with Gasteiger partial charge in [-0.3, -0.25) is 9.59 Å². The van der Waals surface area contributed by atoms with Gasteiger partial charge < -0.3 is 14.4 Å². The summed E-state index contributed by atoms with van der Waals surface area (Å²) in [7, 11) is 2.87. The summed E-state index contributed by atoms with van der Waals surface area (Å²) in [6.07, 6.45) is 1.65. The molecule has 0 aromatic heterocycles. The Bertz CT molecular complexity index is 857. The predicted molar refractivity (Wildman–Crippen MR) is 95.7 cm³/mol. The van der Waals surface area contributed by atoms with Gasteiger partial charge in [-0.1, -0.05) is 12.1 Å². The molecule has 1 heterocycles. The number of carbonyl (C=O) groups excluding carboxylic acids is 3. The number of carbonyl (C=O) groups is 3. The second-order valence-corrected chi connectivity index (χ2v) is 5.97. The number of anilines is 1. The standard InChI is InChI=1S/C20H19NO5/c1-25-17-9-7-15(12-22)16-8-10-18(23)21(19(16)17)11-13-3-5-14(6-4-13)20(24)26-2/h3-7,9,12H,8,10-11H2,1-2H3. The van der Waals surface area contributed by atoms with Crippen molar-refractivity contribution in [3.8, 4) is 5.75 Å². The van der Waals surface area contributed by atoms with E-state index < -0.39 is 5.97 Å². The topological polar surface area (TPSA) is 72.9 Å². The minimum atomic E-state index is -0.409. The van der Waals surface area contributed by atoms with E-state index in [4.69, 9.17) is 9.47 Å². The van der Waals surface area contributed by atoms with Crippen LogP contribution in [0.1, 0.15) is 38.3 Å². The molecular formula is C20H19NO5. The minimum absolute atomic E-state index is 0.0316. The number of hydrogen-bond donors (Lipinski definition) is 0. The third-order valence-corrected chi connectivity index (χ3v) is 4.50. The highest BCUT2D eigenvalue weighted by Crippen LogP contribution is 2.39. The predicted octanol–water partition coefficient (Wildman–Crippen LogP) is 2.77. The zero-order chi connectivity index (χ0) is 18.7. The van der Waals surface area contributed by atoms with Crippen LogP contribution in [0.5, 0.6) is 5.75 Å². The number of rotatable bonds is 5. The van der Waals surface area contributed by atoms with E-state index in [-0.39, 0.29) is 5.91 Å². The Morgan fingerprint density at radius 3 is 2.46 bits per heavy atom. The monoisotopic (exact) mass is 353 g/mol. The fraction of sp³-hybridized carbons (Fsp3) is 0.250. The van der Waals surface area contributed by atoms with Crippen LogP contribution < -0.4 is 9.64 Å². The molecule has 6 heteroatoms. The summed E-state index contributed by atoms with van der Waals surface area (Å²) in [6, 6.07) is 10.3. The molecule has 1 aliphatic rings. The van der Waals surface area contributed by atoms with E-state index in [1.54, 1.807) is 48.4 Å². The number of esters is 1. The molecule has 1 aliphatic heterocycles. The second kappa shape index (κ2) is 7.39. The molecule has 0 unspecified atom stereocenters. The van der Waals surface area contributed by atoms with Crippen LogP contribution in [0.4, 0.5) is 5.69 Å². The molecule has 1 amide bonds. The number of aldehydes is 1. The normalized spacial score (nSPS) is 13.2. The molecular weight excluding hydrogens is 334 g/mol. The number of methoxy groups -OCH3 is 2. The summed E-state index contributed by atoms with van der Waals surface area (Å²) < 4.78 is 10.1. The summed E-state index contributed by atoms with van der Waals surface area (Å²) in [5.74, 6) is 0.119. The molecule has 3 rings (SSSR count). The zero-order valence-corrected chi connectivity index (χ0v) is 14.7. The fourth-order valence-electron chi connectivity index (χ4n) is 3.17. The second-order valence-electron chi connectivity index (χ2n) is 5.97. The van der Waals surface area contributed by atoms with Crippen LogP contribution >= 0.6 is 0 Å². The van der Waals surface area contributed by atoms with Gasteiger partial charge in [0.2, 0.25) is 5.91 Å². The van der Waals surface area contributed by atoms with Gasteiger partial charge >= 0.3 is 5.97 Å². The molecule has 26 heavy (non-hydrogen) atoms. The van der Waals surface area contributed by atoms with Gasteiger partial charge in [-0.15, -0.1) is 0 Å². The maximum absolute atomic E-state index is 12.6. The number of ether oxygens (including phenoxy) is 2. The van der Waals surface area contributed by atoms with Gasteiger partial charge in [0, 0.05) is 12.0 Å². The summed E-state index contributed by atoms with van der Waals surface area (Å²) in [5.41, 5.74) is 3.34. The highest BCUT2D eigenvalue weighted by atomic mass is 16.5. The van der Waals surface area contributed by atoms with Gasteiger partial charge in [-0.05, 0) is 41.8 Å². The van der Waals surface area contributed by atoms with Crippen LogP contribution in [0.15, 0.2) is 36.4 Å². The summed E-state index contributed by atoms with van der Waals surface area (Å²) in [6.45, 7) is 0.325. The summed E-state index contributed by atoms with van der Waals surface area (Å²) >= 11 is 0. The van der Waals surface area contributed by atoms with Crippen molar-refractivity contribution in [1.82, 2.24) is 0 Å². The zero-order valence-electron chi connectivity index (χ0n) is 14.7. The average Bonchev–Trinajstić information content (AvgIpc) is 2.69. The quantitative estimate of drug-likeness (QED) is 0.610. The van der Waals surface area contributed by atoms with Gasteiger partial charge in [0.25, 0.3) is 0 Å². The number of fused-ring (bicyclic) bond motifs is 1. The van der Waals surface area contributed by atoms with E-state index in [0.29, 0.717) is 42.0 Å². The van der Waals surface area contributed by atoms with Crippen molar-refractivity contribution < 1.29 is 23.9 Å². The molecule has 0 atom stereocenters. The Morgan fingerprint density at radius 1 is 1.12 bits per heavy atom. The van der Waals surface area contributed by atoms with Crippen LogP contribution in [-0.4, -0.2) is 32.4 Å². The molecule has 0 bridgehead atoms. The third kappa shape index (κ3) is 3.18. The molecule has 0 spiro atoms. The van der Waals surface area contributed by atoms with E-state index in [1.165, 1.54) is 7.11 Å². The lowest BCUT2D eigenvalue weighted by atomic mass is 9.95. The first-order valence-corrected chi connectivity index (χ1v) is 8.21. The van der Waals surface area contributed by atoms with Crippen LogP contribution in [0.3, 0.4) is 0 Å². The van der Waals surface area contributed by atoms with Gasteiger partial charge in [0.05, 0.1) is 32.0 Å². The maximum Gasteiger partial charge on any atom is 0.337 e. The number of benzene rings is 2. The molecule has 0 saturated carbocycles. The molecule has 0 aliphatic carbocycles. The smallest absolute Gasteiger partial charge is 0.337 e. The minimum Gasteiger partial charge on any atom is -0.495 e. The van der Waals surface area contributed by atoms with E-state index in [9.17, 15) is 14.4 Å². The Balaban J connectivity index is 1.97. The van der Waals surface area contributed by atoms with Gasteiger partial charge in [0.15, 0.2) is 0 Å². The molecule has 6 nitrogen and oxygen atoms in total.